The molecule has 56 valence electrons. The van der Waals surface area contributed by atoms with Crippen molar-refractivity contribution >= 4 is 11.3 Å². The maximum Gasteiger partial charge on any atom is 0.146 e. The number of pyridine rings is 1. The van der Waals surface area contributed by atoms with Crippen LogP contribution >= 0.6 is 0 Å². The predicted octanol–water partition coefficient (Wildman–Crippen LogP) is 0.622. The molecule has 2 aromatic rings. The van der Waals surface area contributed by atoms with Gasteiger partial charge in [0.05, 0.1) is 0 Å². The van der Waals surface area contributed by atoms with E-state index >= 15 is 0 Å². The number of hydrogen-bond donors (Lipinski definition) is 2. The highest BCUT2D eigenvalue weighted by Gasteiger charge is 2.00. The molecule has 0 aliphatic heterocycles. The smallest absolute Gasteiger partial charge is 0.146 e. The summed E-state index contributed by atoms with van der Waals surface area (Å²) in [5, 5.41) is 13.2. The summed E-state index contributed by atoms with van der Waals surface area (Å²) >= 11 is 0. The van der Waals surface area contributed by atoms with Crippen molar-refractivity contribution in [1.29, 1.82) is 0 Å². The van der Waals surface area contributed by atoms with Crippen molar-refractivity contribution in [3.8, 4) is 5.75 Å². The summed E-state index contributed by atoms with van der Waals surface area (Å²) in [4.78, 5) is 0. The second-order valence-electron chi connectivity index (χ2n) is 2.29. The molecule has 0 atom stereocenters. The Morgan fingerprint density at radius 2 is 2.36 bits per heavy atom. The van der Waals surface area contributed by atoms with Crippen molar-refractivity contribution < 1.29 is 5.11 Å². The van der Waals surface area contributed by atoms with Crippen LogP contribution in [0.3, 0.4) is 0 Å². The molecular weight excluding hydrogens is 142 g/mol. The summed E-state index contributed by atoms with van der Waals surface area (Å²) in [6.07, 6.45) is 1.73. The Hall–Kier alpha value is -1.71. The van der Waals surface area contributed by atoms with Gasteiger partial charge in [-0.3, -0.25) is 0 Å². The van der Waals surface area contributed by atoms with E-state index in [0.717, 1.165) is 0 Å². The number of aromatic nitrogens is 2. The van der Waals surface area contributed by atoms with Gasteiger partial charge in [-0.15, -0.1) is 0 Å². The Bertz CT molecular complexity index is 393. The number of fused-ring (bicyclic) bond motifs is 1. The van der Waals surface area contributed by atoms with Crippen LogP contribution in [0.2, 0.25) is 0 Å². The van der Waals surface area contributed by atoms with Gasteiger partial charge in [0.15, 0.2) is 0 Å². The first-order valence-electron chi connectivity index (χ1n) is 3.20. The van der Waals surface area contributed by atoms with Crippen molar-refractivity contribution in [2.45, 2.75) is 0 Å². The van der Waals surface area contributed by atoms with Gasteiger partial charge in [-0.2, -0.15) is 5.10 Å². The fourth-order valence-electron chi connectivity index (χ4n) is 1.02. The standard InChI is InChI=1S/C7H7N3O/c8-7-4-5-6(11)2-1-3-10(5)9-7/h1-4,11H,(H2,8,9). The van der Waals surface area contributed by atoms with Gasteiger partial charge in [0.25, 0.3) is 0 Å². The number of aromatic hydroxyl groups is 1. The first-order valence-corrected chi connectivity index (χ1v) is 3.20. The minimum atomic E-state index is 0.191. The van der Waals surface area contributed by atoms with Gasteiger partial charge in [0.1, 0.15) is 17.1 Å². The minimum absolute atomic E-state index is 0.191. The summed E-state index contributed by atoms with van der Waals surface area (Å²) in [5.41, 5.74) is 6.05. The lowest BCUT2D eigenvalue weighted by Crippen LogP contribution is -1.87. The molecule has 0 saturated heterocycles. The lowest BCUT2D eigenvalue weighted by atomic mass is 10.4. The van der Waals surface area contributed by atoms with Crippen molar-refractivity contribution in [2.24, 2.45) is 0 Å². The maximum absolute atomic E-state index is 9.27. The molecule has 0 unspecified atom stereocenters. The monoisotopic (exact) mass is 149 g/mol. The Kier molecular flexibility index (Phi) is 1.03. The van der Waals surface area contributed by atoms with Gasteiger partial charge in [-0.1, -0.05) is 0 Å². The predicted molar refractivity (Wildman–Crippen MR) is 41.3 cm³/mol. The van der Waals surface area contributed by atoms with Crippen molar-refractivity contribution in [3.63, 3.8) is 0 Å². The quantitative estimate of drug-likeness (QED) is 0.577. The normalized spacial score (nSPS) is 10.5. The van der Waals surface area contributed by atoms with E-state index in [1.807, 2.05) is 0 Å². The highest BCUT2D eigenvalue weighted by Crippen LogP contribution is 2.18. The molecule has 3 N–H and O–H groups in total. The molecule has 0 spiro atoms. The van der Waals surface area contributed by atoms with E-state index in [1.165, 1.54) is 4.52 Å². The van der Waals surface area contributed by atoms with Crippen LogP contribution in [0.25, 0.3) is 5.52 Å². The Morgan fingerprint density at radius 1 is 1.55 bits per heavy atom. The van der Waals surface area contributed by atoms with E-state index in [1.54, 1.807) is 24.4 Å². The second kappa shape index (κ2) is 1.88. The molecule has 0 fully saturated rings. The van der Waals surface area contributed by atoms with Crippen LogP contribution in [0.1, 0.15) is 0 Å². The van der Waals surface area contributed by atoms with Crippen LogP contribution in [-0.4, -0.2) is 14.7 Å². The Morgan fingerprint density at radius 3 is 3.09 bits per heavy atom. The van der Waals surface area contributed by atoms with Gasteiger partial charge in [0, 0.05) is 12.3 Å². The second-order valence-corrected chi connectivity index (χ2v) is 2.29. The molecule has 0 aliphatic rings. The van der Waals surface area contributed by atoms with Gasteiger partial charge in [-0.25, -0.2) is 4.52 Å². The van der Waals surface area contributed by atoms with Crippen LogP contribution < -0.4 is 5.73 Å². The number of nitrogens with zero attached hydrogens (tertiary/aromatic N) is 2. The molecule has 0 aliphatic carbocycles. The zero-order valence-electron chi connectivity index (χ0n) is 5.73. The molecule has 0 aromatic carbocycles. The zero-order chi connectivity index (χ0) is 7.84. The summed E-state index contributed by atoms with van der Waals surface area (Å²) < 4.78 is 1.53. The summed E-state index contributed by atoms with van der Waals surface area (Å²) in [6, 6.07) is 4.92. The third-order valence-corrected chi connectivity index (χ3v) is 1.50. The molecule has 2 rings (SSSR count). The average Bonchev–Trinajstić information content (AvgIpc) is 2.31. The zero-order valence-corrected chi connectivity index (χ0v) is 5.73. The van der Waals surface area contributed by atoms with Crippen LogP contribution in [0, 0.1) is 0 Å². The third-order valence-electron chi connectivity index (χ3n) is 1.50. The molecule has 4 heteroatoms. The maximum atomic E-state index is 9.27. The number of rotatable bonds is 0. The molecule has 2 aromatic heterocycles. The Labute approximate surface area is 62.9 Å². The first kappa shape index (κ1) is 6.03. The fourth-order valence-corrected chi connectivity index (χ4v) is 1.02. The van der Waals surface area contributed by atoms with Crippen molar-refractivity contribution in [1.82, 2.24) is 9.61 Å². The summed E-state index contributed by atoms with van der Waals surface area (Å²) in [7, 11) is 0. The van der Waals surface area contributed by atoms with Crippen molar-refractivity contribution in [3.05, 3.63) is 24.4 Å². The SMILES string of the molecule is Nc1cc2c(O)cccn2n1. The van der Waals surface area contributed by atoms with Crippen LogP contribution in [0.5, 0.6) is 5.75 Å². The molecule has 0 saturated carbocycles. The molecule has 0 bridgehead atoms. The van der Waals surface area contributed by atoms with E-state index in [-0.39, 0.29) is 5.75 Å². The van der Waals surface area contributed by atoms with E-state index in [9.17, 15) is 5.11 Å². The topological polar surface area (TPSA) is 63.5 Å². The van der Waals surface area contributed by atoms with Crippen molar-refractivity contribution in [2.75, 3.05) is 5.73 Å². The first-order chi connectivity index (χ1) is 5.27. The molecule has 2 heterocycles. The molecule has 11 heavy (non-hydrogen) atoms. The van der Waals surface area contributed by atoms with Gasteiger partial charge >= 0.3 is 0 Å². The van der Waals surface area contributed by atoms with E-state index < -0.39 is 0 Å². The highest BCUT2D eigenvalue weighted by molar-refractivity contribution is 5.62. The van der Waals surface area contributed by atoms with Crippen LogP contribution in [0.4, 0.5) is 5.82 Å². The molecular formula is C7H7N3O. The number of hydrogen-bond acceptors (Lipinski definition) is 3. The van der Waals surface area contributed by atoms with E-state index in [4.69, 9.17) is 5.73 Å². The molecule has 4 nitrogen and oxygen atoms in total. The lowest BCUT2D eigenvalue weighted by Gasteiger charge is -1.92. The number of nitrogens with two attached hydrogens (primary N) is 1. The molecule has 0 radical (unpaired) electrons. The van der Waals surface area contributed by atoms with Gasteiger partial charge in [-0.05, 0) is 12.1 Å². The molecule has 0 amide bonds. The number of nitrogen functional groups attached to an aromatic ring is 1. The third kappa shape index (κ3) is 0.797. The fraction of sp³-hybridized carbons (Fsp3) is 0. The minimum Gasteiger partial charge on any atom is -0.506 e. The summed E-state index contributed by atoms with van der Waals surface area (Å²) in [6.45, 7) is 0. The number of anilines is 1. The van der Waals surface area contributed by atoms with Gasteiger partial charge in [0.2, 0.25) is 0 Å². The van der Waals surface area contributed by atoms with Gasteiger partial charge < -0.3 is 10.8 Å². The van der Waals surface area contributed by atoms with Crippen LogP contribution in [0.15, 0.2) is 24.4 Å². The lowest BCUT2D eigenvalue weighted by molar-refractivity contribution is 0.478. The van der Waals surface area contributed by atoms with E-state index in [0.29, 0.717) is 11.3 Å². The largest absolute Gasteiger partial charge is 0.506 e. The summed E-state index contributed by atoms with van der Waals surface area (Å²) in [5.74, 6) is 0.600. The average molecular weight is 149 g/mol. The highest BCUT2D eigenvalue weighted by atomic mass is 16.3. The van der Waals surface area contributed by atoms with E-state index in [2.05, 4.69) is 5.10 Å². The van der Waals surface area contributed by atoms with Crippen LogP contribution in [-0.2, 0) is 0 Å². The Balaban J connectivity index is 2.90.